The molecule has 0 bridgehead atoms. The van der Waals surface area contributed by atoms with Crippen molar-refractivity contribution in [3.8, 4) is 11.1 Å². The van der Waals surface area contributed by atoms with Crippen LogP contribution >= 0.6 is 0 Å². The van der Waals surface area contributed by atoms with Gasteiger partial charge in [0.2, 0.25) is 0 Å². The van der Waals surface area contributed by atoms with Gasteiger partial charge in [0.15, 0.2) is 0 Å². The predicted octanol–water partition coefficient (Wildman–Crippen LogP) is 6.06. The van der Waals surface area contributed by atoms with Gasteiger partial charge in [-0.15, -0.1) is 0 Å². The second-order valence-corrected chi connectivity index (χ2v) is 7.23. The zero-order chi connectivity index (χ0) is 17.0. The lowest BCUT2D eigenvalue weighted by Crippen LogP contribution is -1.98. The molecule has 2 aromatic carbocycles. The molecule has 1 aliphatic rings. The van der Waals surface area contributed by atoms with E-state index in [1.165, 1.54) is 40.5 Å². The first-order chi connectivity index (χ1) is 10.9. The molecular weight excluding hydrogens is 278 g/mol. The van der Waals surface area contributed by atoms with Crippen LogP contribution in [-0.4, -0.2) is 6.21 Å². The normalized spacial score (nSPS) is 11.8. The van der Waals surface area contributed by atoms with Gasteiger partial charge in [-0.2, -0.15) is 0 Å². The summed E-state index contributed by atoms with van der Waals surface area (Å²) in [5.41, 5.74) is 8.99. The molecule has 1 N–H and O–H groups in total. The van der Waals surface area contributed by atoms with Crippen LogP contribution in [0, 0.1) is 24.2 Å². The van der Waals surface area contributed by atoms with Gasteiger partial charge < -0.3 is 5.41 Å². The number of rotatable bonds is 3. The molecule has 2 aromatic rings. The smallest absolute Gasteiger partial charge is 0.000809 e. The van der Waals surface area contributed by atoms with Gasteiger partial charge in [0, 0.05) is 0 Å². The Bertz CT molecular complexity index is 680. The Hall–Kier alpha value is -1.89. The molecular formula is C22H29N. The van der Waals surface area contributed by atoms with E-state index in [4.69, 9.17) is 5.41 Å². The van der Waals surface area contributed by atoms with Crippen molar-refractivity contribution in [2.75, 3.05) is 0 Å². The zero-order valence-corrected chi connectivity index (χ0v) is 15.1. The summed E-state index contributed by atoms with van der Waals surface area (Å²) in [6.45, 7) is 10.8. The molecule has 1 nitrogen and oxygen atoms in total. The van der Waals surface area contributed by atoms with E-state index in [9.17, 15) is 0 Å². The van der Waals surface area contributed by atoms with Crippen LogP contribution in [0.25, 0.3) is 11.1 Å². The van der Waals surface area contributed by atoms with Crippen molar-refractivity contribution >= 4 is 6.21 Å². The molecule has 122 valence electrons. The molecule has 0 aromatic heterocycles. The standard InChI is InChI=1S/C18H20.C4H9N/c1-12(2)10-14-7-5-9-16-15-8-4-6-13(3)17(15)11-18(14)16;1-4(2)3-5/h4-9,12H,10-11H2,1-3H3;3-5H,1-2H3. The minimum absolute atomic E-state index is 0.426. The van der Waals surface area contributed by atoms with Crippen LogP contribution in [0.2, 0.25) is 0 Å². The first kappa shape index (κ1) is 17.5. The van der Waals surface area contributed by atoms with Gasteiger partial charge in [-0.1, -0.05) is 64.1 Å². The van der Waals surface area contributed by atoms with Gasteiger partial charge in [0.1, 0.15) is 0 Å². The van der Waals surface area contributed by atoms with Gasteiger partial charge >= 0.3 is 0 Å². The monoisotopic (exact) mass is 307 g/mol. The van der Waals surface area contributed by atoms with Gasteiger partial charge in [-0.3, -0.25) is 0 Å². The number of hydrogen-bond donors (Lipinski definition) is 1. The number of aryl methyl sites for hydroxylation is 1. The lowest BCUT2D eigenvalue weighted by atomic mass is 9.95. The molecule has 0 saturated carbocycles. The fourth-order valence-corrected chi connectivity index (χ4v) is 3.09. The second kappa shape index (κ2) is 7.59. The Kier molecular flexibility index (Phi) is 5.76. The fraction of sp³-hybridized carbons (Fsp3) is 0.409. The average Bonchev–Trinajstić information content (AvgIpc) is 2.89. The Balaban J connectivity index is 0.000000338. The molecule has 0 aliphatic heterocycles. The van der Waals surface area contributed by atoms with Crippen molar-refractivity contribution < 1.29 is 0 Å². The molecule has 0 spiro atoms. The van der Waals surface area contributed by atoms with E-state index in [-0.39, 0.29) is 0 Å². The molecule has 1 aliphatic carbocycles. The van der Waals surface area contributed by atoms with E-state index in [0.717, 1.165) is 12.3 Å². The highest BCUT2D eigenvalue weighted by molar-refractivity contribution is 5.79. The van der Waals surface area contributed by atoms with Crippen LogP contribution in [0.1, 0.15) is 49.9 Å². The highest BCUT2D eigenvalue weighted by atomic mass is 14.3. The molecule has 0 atom stereocenters. The first-order valence-corrected chi connectivity index (χ1v) is 8.64. The molecule has 0 fully saturated rings. The third kappa shape index (κ3) is 4.10. The van der Waals surface area contributed by atoms with Crippen molar-refractivity contribution in [3.63, 3.8) is 0 Å². The SMILES string of the molecule is CC(C)C=N.Cc1cccc2c1Cc1c(CC(C)C)cccc1-2. The molecule has 23 heavy (non-hydrogen) atoms. The Morgan fingerprint density at radius 1 is 0.957 bits per heavy atom. The number of hydrogen-bond acceptors (Lipinski definition) is 1. The summed E-state index contributed by atoms with van der Waals surface area (Å²) in [7, 11) is 0. The summed E-state index contributed by atoms with van der Waals surface area (Å²) >= 11 is 0. The highest BCUT2D eigenvalue weighted by Crippen LogP contribution is 2.40. The number of fused-ring (bicyclic) bond motifs is 3. The van der Waals surface area contributed by atoms with Crippen molar-refractivity contribution in [1.29, 1.82) is 5.41 Å². The average molecular weight is 307 g/mol. The van der Waals surface area contributed by atoms with E-state index in [1.54, 1.807) is 5.56 Å². The second-order valence-electron chi connectivity index (χ2n) is 7.23. The fourth-order valence-electron chi connectivity index (χ4n) is 3.09. The minimum atomic E-state index is 0.426. The Morgan fingerprint density at radius 2 is 1.52 bits per heavy atom. The number of nitrogens with one attached hydrogen (secondary N) is 1. The van der Waals surface area contributed by atoms with E-state index in [0.29, 0.717) is 5.92 Å². The van der Waals surface area contributed by atoms with Crippen molar-refractivity contribution in [2.24, 2.45) is 11.8 Å². The summed E-state index contributed by atoms with van der Waals surface area (Å²) in [6.07, 6.45) is 3.73. The van der Waals surface area contributed by atoms with Crippen LogP contribution in [-0.2, 0) is 12.8 Å². The van der Waals surface area contributed by atoms with E-state index >= 15 is 0 Å². The maximum Gasteiger partial charge on any atom is -0.000809 e. The maximum atomic E-state index is 6.53. The third-order valence-corrected chi connectivity index (χ3v) is 4.29. The van der Waals surface area contributed by atoms with Crippen LogP contribution in [0.5, 0.6) is 0 Å². The summed E-state index contributed by atoms with van der Waals surface area (Å²) in [4.78, 5) is 0. The predicted molar refractivity (Wildman–Crippen MR) is 102 cm³/mol. The van der Waals surface area contributed by atoms with Crippen molar-refractivity contribution in [3.05, 3.63) is 58.7 Å². The van der Waals surface area contributed by atoms with E-state index in [2.05, 4.69) is 57.2 Å². The Labute approximate surface area is 141 Å². The minimum Gasteiger partial charge on any atom is -0.313 e. The van der Waals surface area contributed by atoms with Crippen molar-refractivity contribution in [1.82, 2.24) is 0 Å². The zero-order valence-electron chi connectivity index (χ0n) is 15.1. The van der Waals surface area contributed by atoms with Gasteiger partial charge in [0.05, 0.1) is 0 Å². The van der Waals surface area contributed by atoms with E-state index < -0.39 is 0 Å². The molecule has 0 amide bonds. The lowest BCUT2D eigenvalue weighted by Gasteiger charge is -2.10. The van der Waals surface area contributed by atoms with Gasteiger partial charge in [-0.25, -0.2) is 0 Å². The molecule has 0 heterocycles. The molecule has 0 unspecified atom stereocenters. The summed E-state index contributed by atoms with van der Waals surface area (Å²) in [6, 6.07) is 13.5. The largest absolute Gasteiger partial charge is 0.313 e. The van der Waals surface area contributed by atoms with Crippen LogP contribution in [0.15, 0.2) is 36.4 Å². The first-order valence-electron chi connectivity index (χ1n) is 8.64. The molecule has 3 rings (SSSR count). The van der Waals surface area contributed by atoms with Crippen LogP contribution < -0.4 is 0 Å². The molecule has 1 heteroatoms. The maximum absolute atomic E-state index is 6.53. The molecule has 0 radical (unpaired) electrons. The summed E-state index contributed by atoms with van der Waals surface area (Å²) in [5, 5.41) is 6.53. The van der Waals surface area contributed by atoms with Gasteiger partial charge in [0.25, 0.3) is 0 Å². The van der Waals surface area contributed by atoms with E-state index in [1.807, 2.05) is 13.8 Å². The van der Waals surface area contributed by atoms with Crippen molar-refractivity contribution in [2.45, 2.75) is 47.5 Å². The third-order valence-electron chi connectivity index (χ3n) is 4.29. The lowest BCUT2D eigenvalue weighted by molar-refractivity contribution is 0.644. The van der Waals surface area contributed by atoms with Crippen LogP contribution in [0.4, 0.5) is 0 Å². The Morgan fingerprint density at radius 3 is 2.09 bits per heavy atom. The topological polar surface area (TPSA) is 23.9 Å². The summed E-state index contributed by atoms with van der Waals surface area (Å²) in [5.74, 6) is 1.15. The van der Waals surface area contributed by atoms with Crippen LogP contribution in [0.3, 0.4) is 0 Å². The quantitative estimate of drug-likeness (QED) is 0.569. The summed E-state index contributed by atoms with van der Waals surface area (Å²) < 4.78 is 0. The highest BCUT2D eigenvalue weighted by Gasteiger charge is 2.21. The number of benzene rings is 2. The molecule has 0 saturated heterocycles. The van der Waals surface area contributed by atoms with Gasteiger partial charge in [-0.05, 0) is 71.2 Å².